The van der Waals surface area contributed by atoms with Gasteiger partial charge in [0.2, 0.25) is 5.91 Å². The van der Waals surface area contributed by atoms with Crippen LogP contribution in [0, 0.1) is 6.92 Å². The van der Waals surface area contributed by atoms with E-state index in [4.69, 9.17) is 4.42 Å². The predicted molar refractivity (Wildman–Crippen MR) is 119 cm³/mol. The van der Waals surface area contributed by atoms with Crippen LogP contribution in [0.2, 0.25) is 0 Å². The quantitative estimate of drug-likeness (QED) is 0.484. The fourth-order valence-electron chi connectivity index (χ4n) is 3.57. The molecular formula is C24H24N4O3. The number of amides is 1. The fourth-order valence-corrected chi connectivity index (χ4v) is 3.57. The lowest BCUT2D eigenvalue weighted by atomic mass is 10.0. The zero-order valence-electron chi connectivity index (χ0n) is 17.4. The largest absolute Gasteiger partial charge is 0.467 e. The van der Waals surface area contributed by atoms with Gasteiger partial charge in [-0.3, -0.25) is 19.6 Å². The van der Waals surface area contributed by atoms with Crippen LogP contribution in [0.1, 0.15) is 23.1 Å². The van der Waals surface area contributed by atoms with Crippen molar-refractivity contribution in [3.05, 3.63) is 106 Å². The molecule has 0 aliphatic carbocycles. The molecule has 0 unspecified atom stereocenters. The van der Waals surface area contributed by atoms with Crippen LogP contribution < -0.4 is 16.2 Å². The summed E-state index contributed by atoms with van der Waals surface area (Å²) in [7, 11) is 1.79. The van der Waals surface area contributed by atoms with Crippen LogP contribution in [-0.4, -0.2) is 21.8 Å². The van der Waals surface area contributed by atoms with E-state index in [9.17, 15) is 9.59 Å². The van der Waals surface area contributed by atoms with E-state index in [-0.39, 0.29) is 29.7 Å². The zero-order chi connectivity index (χ0) is 21.8. The van der Waals surface area contributed by atoms with Crippen LogP contribution in [0.5, 0.6) is 0 Å². The van der Waals surface area contributed by atoms with Gasteiger partial charge in [-0.1, -0.05) is 48.5 Å². The van der Waals surface area contributed by atoms with Gasteiger partial charge in [-0.05, 0) is 36.8 Å². The molecular weight excluding hydrogens is 392 g/mol. The van der Waals surface area contributed by atoms with Crippen molar-refractivity contribution < 1.29 is 9.21 Å². The van der Waals surface area contributed by atoms with Gasteiger partial charge in [-0.15, -0.1) is 0 Å². The number of benzene rings is 2. The van der Waals surface area contributed by atoms with Gasteiger partial charge in [0, 0.05) is 7.05 Å². The SMILES string of the molecule is Cc1c(NC(=O)CN[C@@H](c2ccccc2)c2ccco2)c(=O)n(-c2ccccc2)n1C. The Hall–Kier alpha value is -3.84. The number of hydrogen-bond acceptors (Lipinski definition) is 4. The second kappa shape index (κ2) is 8.89. The first kappa shape index (κ1) is 20.4. The predicted octanol–water partition coefficient (Wildman–Crippen LogP) is 3.40. The molecule has 31 heavy (non-hydrogen) atoms. The normalized spacial score (nSPS) is 11.9. The molecule has 0 bridgehead atoms. The lowest BCUT2D eigenvalue weighted by Gasteiger charge is -2.17. The first-order chi connectivity index (χ1) is 15.1. The van der Waals surface area contributed by atoms with Gasteiger partial charge in [-0.2, -0.15) is 0 Å². The first-order valence-electron chi connectivity index (χ1n) is 10.0. The Morgan fingerprint density at radius 3 is 2.32 bits per heavy atom. The molecule has 0 radical (unpaired) electrons. The van der Waals surface area contributed by atoms with Crippen LogP contribution in [0.25, 0.3) is 5.69 Å². The van der Waals surface area contributed by atoms with Crippen molar-refractivity contribution in [1.29, 1.82) is 0 Å². The molecule has 1 amide bonds. The monoisotopic (exact) mass is 416 g/mol. The molecule has 7 heteroatoms. The van der Waals surface area contributed by atoms with Gasteiger partial charge in [0.1, 0.15) is 11.4 Å². The highest BCUT2D eigenvalue weighted by Crippen LogP contribution is 2.22. The summed E-state index contributed by atoms with van der Waals surface area (Å²) in [5, 5.41) is 6.00. The molecule has 0 saturated heterocycles. The van der Waals surface area contributed by atoms with Crippen LogP contribution in [0.4, 0.5) is 5.69 Å². The van der Waals surface area contributed by atoms with E-state index in [1.165, 1.54) is 4.68 Å². The summed E-state index contributed by atoms with van der Waals surface area (Å²) in [6, 6.07) is 22.5. The summed E-state index contributed by atoms with van der Waals surface area (Å²) in [6.45, 7) is 1.82. The highest BCUT2D eigenvalue weighted by molar-refractivity contribution is 5.92. The van der Waals surface area contributed by atoms with E-state index in [0.29, 0.717) is 11.5 Å². The summed E-state index contributed by atoms with van der Waals surface area (Å²) in [5.41, 5.74) is 2.39. The average Bonchev–Trinajstić information content (AvgIpc) is 3.39. The maximum Gasteiger partial charge on any atom is 0.295 e. The van der Waals surface area contributed by atoms with Gasteiger partial charge in [0.05, 0.1) is 30.2 Å². The molecule has 2 heterocycles. The highest BCUT2D eigenvalue weighted by atomic mass is 16.3. The summed E-state index contributed by atoms with van der Waals surface area (Å²) in [5.74, 6) is 0.403. The molecule has 4 aromatic rings. The Morgan fingerprint density at radius 1 is 1.00 bits per heavy atom. The minimum atomic E-state index is -0.307. The van der Waals surface area contributed by atoms with E-state index >= 15 is 0 Å². The van der Waals surface area contributed by atoms with Gasteiger partial charge in [-0.25, -0.2) is 4.68 Å². The van der Waals surface area contributed by atoms with Crippen LogP contribution >= 0.6 is 0 Å². The van der Waals surface area contributed by atoms with Gasteiger partial charge >= 0.3 is 0 Å². The summed E-state index contributed by atoms with van der Waals surface area (Å²) in [4.78, 5) is 25.7. The number of anilines is 1. The lowest BCUT2D eigenvalue weighted by Crippen LogP contribution is -2.33. The van der Waals surface area contributed by atoms with Crippen LogP contribution in [0.3, 0.4) is 0 Å². The van der Waals surface area contributed by atoms with Crippen molar-refractivity contribution in [2.45, 2.75) is 13.0 Å². The molecule has 158 valence electrons. The number of hydrogen-bond donors (Lipinski definition) is 2. The van der Waals surface area contributed by atoms with Gasteiger partial charge < -0.3 is 9.73 Å². The highest BCUT2D eigenvalue weighted by Gasteiger charge is 2.20. The summed E-state index contributed by atoms with van der Waals surface area (Å²) >= 11 is 0. The topological polar surface area (TPSA) is 81.2 Å². The van der Waals surface area contributed by atoms with Crippen molar-refractivity contribution in [2.24, 2.45) is 7.05 Å². The molecule has 2 aromatic carbocycles. The van der Waals surface area contributed by atoms with Crippen molar-refractivity contribution in [3.8, 4) is 5.69 Å². The Labute approximate surface area is 179 Å². The van der Waals surface area contributed by atoms with Crippen molar-refractivity contribution in [2.75, 3.05) is 11.9 Å². The smallest absolute Gasteiger partial charge is 0.295 e. The Morgan fingerprint density at radius 2 is 1.68 bits per heavy atom. The summed E-state index contributed by atoms with van der Waals surface area (Å²) < 4.78 is 8.82. The number of nitrogens with zero attached hydrogens (tertiary/aromatic N) is 2. The minimum Gasteiger partial charge on any atom is -0.467 e. The second-order valence-electron chi connectivity index (χ2n) is 7.22. The summed E-state index contributed by atoms with van der Waals surface area (Å²) in [6.07, 6.45) is 1.60. The number of nitrogens with one attached hydrogen (secondary N) is 2. The molecule has 0 saturated carbocycles. The van der Waals surface area contributed by atoms with E-state index in [0.717, 1.165) is 11.3 Å². The third-order valence-corrected chi connectivity index (χ3v) is 5.25. The molecule has 1 atom stereocenters. The average molecular weight is 416 g/mol. The molecule has 0 aliphatic rings. The zero-order valence-corrected chi connectivity index (χ0v) is 17.4. The van der Waals surface area contributed by atoms with Crippen molar-refractivity contribution >= 4 is 11.6 Å². The van der Waals surface area contributed by atoms with Crippen LogP contribution in [-0.2, 0) is 11.8 Å². The van der Waals surface area contributed by atoms with Crippen molar-refractivity contribution in [3.63, 3.8) is 0 Å². The number of furan rings is 1. The molecule has 2 aromatic heterocycles. The van der Waals surface area contributed by atoms with E-state index in [1.807, 2.05) is 72.8 Å². The lowest BCUT2D eigenvalue weighted by molar-refractivity contribution is -0.115. The molecule has 0 aliphatic heterocycles. The molecule has 2 N–H and O–H groups in total. The van der Waals surface area contributed by atoms with E-state index in [2.05, 4.69) is 10.6 Å². The van der Waals surface area contributed by atoms with Crippen LogP contribution in [0.15, 0.2) is 88.3 Å². The van der Waals surface area contributed by atoms with E-state index < -0.39 is 0 Å². The standard InChI is InChI=1S/C24H24N4O3/c1-17-22(24(30)28(27(17)2)19-12-7-4-8-13-19)26-21(29)16-25-23(20-14-9-15-31-20)18-10-5-3-6-11-18/h3-15,23,25H,16H2,1-2H3,(H,26,29)/t23-/m0/s1. The Kier molecular flexibility index (Phi) is 5.86. The second-order valence-corrected chi connectivity index (χ2v) is 7.22. The molecule has 0 fully saturated rings. The maximum absolute atomic E-state index is 13.0. The third kappa shape index (κ3) is 4.22. The molecule has 4 rings (SSSR count). The Bertz CT molecular complexity index is 1210. The molecule has 7 nitrogen and oxygen atoms in total. The number of carbonyl (C=O) groups excluding carboxylic acids is 1. The van der Waals surface area contributed by atoms with Gasteiger partial charge in [0.25, 0.3) is 5.56 Å². The van der Waals surface area contributed by atoms with E-state index in [1.54, 1.807) is 24.9 Å². The maximum atomic E-state index is 13.0. The molecule has 0 spiro atoms. The Balaban J connectivity index is 1.52. The fraction of sp³-hybridized carbons (Fsp3) is 0.167. The number of para-hydroxylation sites is 1. The minimum absolute atomic E-state index is 0.0133. The van der Waals surface area contributed by atoms with Gasteiger partial charge in [0.15, 0.2) is 0 Å². The third-order valence-electron chi connectivity index (χ3n) is 5.25. The number of aromatic nitrogens is 2. The first-order valence-corrected chi connectivity index (χ1v) is 10.0. The van der Waals surface area contributed by atoms with Crippen molar-refractivity contribution in [1.82, 2.24) is 14.7 Å². The number of rotatable bonds is 7. The number of carbonyl (C=O) groups is 1.